The van der Waals surface area contributed by atoms with Crippen LogP contribution in [0.4, 0.5) is 34.1 Å². The van der Waals surface area contributed by atoms with Gasteiger partial charge in [0.1, 0.15) is 0 Å². The average molecular weight is 1490 g/mol. The van der Waals surface area contributed by atoms with Gasteiger partial charge in [0.25, 0.3) is 6.71 Å². The van der Waals surface area contributed by atoms with Gasteiger partial charge < -0.3 is 18.9 Å². The first kappa shape index (κ1) is 72.3. The molecule has 2 aliphatic carbocycles. The van der Waals surface area contributed by atoms with Gasteiger partial charge in [-0.15, -0.1) is 0 Å². The number of aromatic nitrogens is 2. The topological polar surface area (TPSA) is 16.3 Å². The first-order chi connectivity index (χ1) is 54.8. The fraction of sp³-hybridized carbons (Fsp3) is 0.236. The summed E-state index contributed by atoms with van der Waals surface area (Å²) in [6.07, 6.45) is 2.24. The summed E-state index contributed by atoms with van der Waals surface area (Å²) in [6.45, 7) is 40.2. The molecule has 20 rings (SSSR count). The van der Waals surface area contributed by atoms with E-state index >= 15 is 0 Å². The van der Waals surface area contributed by atoms with E-state index in [1.54, 1.807) is 0 Å². The summed E-state index contributed by atoms with van der Waals surface area (Å²) in [5, 5.41) is 4.95. The number of nitrogens with zero attached hydrogens (tertiary/aromatic N) is 4. The van der Waals surface area contributed by atoms with Crippen LogP contribution < -0.4 is 26.2 Å². The molecule has 2 aromatic heterocycles. The van der Waals surface area contributed by atoms with Crippen molar-refractivity contribution in [2.45, 2.75) is 168 Å². The van der Waals surface area contributed by atoms with Crippen LogP contribution in [0.1, 0.15) is 169 Å². The summed E-state index contributed by atoms with van der Waals surface area (Å²) >= 11 is 0. The quantitative estimate of drug-likeness (QED) is 0.134. The van der Waals surface area contributed by atoms with Gasteiger partial charge in [-0.2, -0.15) is 0 Å². The lowest BCUT2D eigenvalue weighted by molar-refractivity contribution is 0.402. The first-order valence-electron chi connectivity index (χ1n) is 41.8. The average Bonchev–Trinajstić information content (AvgIpc) is 1.37. The van der Waals surface area contributed by atoms with Crippen LogP contribution in [-0.4, -0.2) is 15.8 Å². The molecule has 5 heteroatoms. The summed E-state index contributed by atoms with van der Waals surface area (Å²) in [5.41, 5.74) is 39.5. The first-order valence-corrected chi connectivity index (χ1v) is 41.8. The molecular formula is C110H103BN4. The van der Waals surface area contributed by atoms with Gasteiger partial charge in [-0.25, -0.2) is 0 Å². The van der Waals surface area contributed by atoms with Gasteiger partial charge in [0.05, 0.1) is 27.8 Å². The van der Waals surface area contributed by atoms with Crippen LogP contribution in [0.3, 0.4) is 0 Å². The zero-order valence-corrected chi connectivity index (χ0v) is 70.0. The molecule has 0 atom stereocenters. The van der Waals surface area contributed by atoms with Crippen LogP contribution in [0.15, 0.2) is 291 Å². The van der Waals surface area contributed by atoms with Gasteiger partial charge in [-0.1, -0.05) is 306 Å². The Morgan fingerprint density at radius 2 is 0.591 bits per heavy atom. The van der Waals surface area contributed by atoms with Gasteiger partial charge in [0, 0.05) is 61.4 Å². The van der Waals surface area contributed by atoms with E-state index in [1.807, 2.05) is 0 Å². The van der Waals surface area contributed by atoms with Crippen molar-refractivity contribution in [2.24, 2.45) is 0 Å². The molecule has 0 radical (unpaired) electrons. The zero-order chi connectivity index (χ0) is 79.5. The Kier molecular flexibility index (Phi) is 16.0. The Morgan fingerprint density at radius 3 is 1.07 bits per heavy atom. The lowest BCUT2D eigenvalue weighted by Crippen LogP contribution is -2.61. The number of fused-ring (bicyclic) bond motifs is 12. The Balaban J connectivity index is 0.883. The summed E-state index contributed by atoms with van der Waals surface area (Å²) in [4.78, 5) is 5.29. The van der Waals surface area contributed by atoms with E-state index < -0.39 is 0 Å². The molecule has 2 aliphatic heterocycles. The van der Waals surface area contributed by atoms with Crippen LogP contribution in [0.25, 0.3) is 111 Å². The predicted molar refractivity (Wildman–Crippen MR) is 494 cm³/mol. The molecule has 0 saturated carbocycles. The summed E-state index contributed by atoms with van der Waals surface area (Å²) < 4.78 is 5.15. The summed E-state index contributed by atoms with van der Waals surface area (Å²) in [6, 6.07) is 114. The number of benzene rings is 14. The molecule has 4 nitrogen and oxygen atoms in total. The second-order valence-corrected chi connectivity index (χ2v) is 39.7. The third kappa shape index (κ3) is 11.7. The van der Waals surface area contributed by atoms with Crippen molar-refractivity contribution in [1.29, 1.82) is 0 Å². The van der Waals surface area contributed by atoms with Crippen molar-refractivity contribution in [3.05, 3.63) is 330 Å². The lowest BCUT2D eigenvalue weighted by Gasteiger charge is -2.44. The number of anilines is 6. The van der Waals surface area contributed by atoms with Gasteiger partial charge in [-0.3, -0.25) is 0 Å². The number of rotatable bonds is 9. The highest BCUT2D eigenvalue weighted by Gasteiger charge is 2.47. The van der Waals surface area contributed by atoms with E-state index in [-0.39, 0.29) is 44.6 Å². The fourth-order valence-electron chi connectivity index (χ4n) is 21.2. The molecule has 115 heavy (non-hydrogen) atoms. The van der Waals surface area contributed by atoms with Crippen molar-refractivity contribution in [3.63, 3.8) is 0 Å². The molecule has 0 spiro atoms. The highest BCUT2D eigenvalue weighted by atomic mass is 15.2. The largest absolute Gasteiger partial charge is 0.311 e. The molecule has 0 amide bonds. The van der Waals surface area contributed by atoms with Gasteiger partial charge in [-0.05, 0) is 265 Å². The Morgan fingerprint density at radius 1 is 0.243 bits per heavy atom. The Bertz CT molecular complexity index is 6530. The van der Waals surface area contributed by atoms with E-state index in [9.17, 15) is 0 Å². The fourth-order valence-corrected chi connectivity index (χ4v) is 21.2. The molecule has 0 unspecified atom stereocenters. The van der Waals surface area contributed by atoms with Crippen molar-refractivity contribution in [3.8, 4) is 67.0 Å². The predicted octanol–water partition coefficient (Wildman–Crippen LogP) is 28.1. The van der Waals surface area contributed by atoms with E-state index in [2.05, 4.69) is 428 Å². The van der Waals surface area contributed by atoms with Crippen molar-refractivity contribution in [2.75, 3.05) is 9.80 Å². The minimum atomic E-state index is -0.213. The maximum atomic E-state index is 2.66. The lowest BCUT2D eigenvalue weighted by atomic mass is 9.33. The van der Waals surface area contributed by atoms with Crippen LogP contribution in [0.5, 0.6) is 0 Å². The maximum Gasteiger partial charge on any atom is 0.252 e. The SMILES string of the molecule is CC(C)(C)c1cccc(-c2ccc3c(c2)B2c4ccc(-n5c6ccc(-c7ccccc7)cc6c6cc(-c7ccccc7)ccc65)cc4N(c4ccc(-c5ccc6c(c5)C(C)(C)CC6(C)C)cc4)c4cc(-n5c6ccc(C(C)(C)C)cc6c6cc(C(C)(C)C)ccc65)cc(c42)N3c2ccc(-c3ccc4c(c3)C(C)(C)CC4(C)C)cc2)c1. The molecule has 14 aromatic carbocycles. The highest BCUT2D eigenvalue weighted by Crippen LogP contribution is 2.54. The van der Waals surface area contributed by atoms with Crippen molar-refractivity contribution >= 4 is 101 Å². The molecule has 0 bridgehead atoms. The summed E-state index contributed by atoms with van der Waals surface area (Å²) in [7, 11) is 0. The number of hydrogen-bond acceptors (Lipinski definition) is 2. The van der Waals surface area contributed by atoms with E-state index in [1.165, 1.54) is 144 Å². The molecule has 0 N–H and O–H groups in total. The molecule has 4 heterocycles. The van der Waals surface area contributed by atoms with E-state index in [0.717, 1.165) is 69.4 Å². The smallest absolute Gasteiger partial charge is 0.252 e. The molecule has 4 aliphatic rings. The third-order valence-electron chi connectivity index (χ3n) is 26.7. The second kappa shape index (κ2) is 25.4. The zero-order valence-electron chi connectivity index (χ0n) is 70.0. The minimum absolute atomic E-state index is 0.0485. The van der Waals surface area contributed by atoms with E-state index in [4.69, 9.17) is 0 Å². The molecular weight excluding hydrogens is 1390 g/mol. The third-order valence-corrected chi connectivity index (χ3v) is 26.7. The monoisotopic (exact) mass is 1490 g/mol. The van der Waals surface area contributed by atoms with Crippen LogP contribution >= 0.6 is 0 Å². The second-order valence-electron chi connectivity index (χ2n) is 39.7. The van der Waals surface area contributed by atoms with Gasteiger partial charge >= 0.3 is 0 Å². The van der Waals surface area contributed by atoms with Crippen molar-refractivity contribution in [1.82, 2.24) is 9.13 Å². The highest BCUT2D eigenvalue weighted by molar-refractivity contribution is 7.00. The van der Waals surface area contributed by atoms with E-state index in [0.29, 0.717) is 0 Å². The van der Waals surface area contributed by atoms with Crippen LogP contribution in [-0.2, 0) is 37.9 Å². The number of hydrogen-bond donors (Lipinski definition) is 0. The van der Waals surface area contributed by atoms with Crippen molar-refractivity contribution < 1.29 is 0 Å². The Labute approximate surface area is 680 Å². The van der Waals surface area contributed by atoms with Gasteiger partial charge in [0.15, 0.2) is 0 Å². The summed E-state index contributed by atoms with van der Waals surface area (Å²) in [5.74, 6) is 0. The van der Waals surface area contributed by atoms with Crippen LogP contribution in [0.2, 0.25) is 0 Å². The normalized spacial score (nSPS) is 15.7. The molecule has 16 aromatic rings. The standard InChI is InChI=1S/C110H103BN4/c1-104(2,3)78-30-24-29-72(55-78)77-39-52-99-94(60-77)111-93-49-46-83(114-95-50-37-73(68-25-20-18-21-26-68)56-85(95)86-57-74(38-51-96(86)114)69-27-22-19-23-28-69)63-100(93)113(82-44-33-71(34-45-82)76-36-48-90-92(59-76)110(16,17)67-108(90,12)13)102-65-84(115-97-53-40-79(105(4,5)6)61-87(97)88-62-80(106(7,8)9)41-54-98(88)115)64-101(103(102)111)112(99)81-42-31-70(32-43-81)75-35-47-89-91(58-75)109(14,15)66-107(89,10)11/h18-65H,66-67H2,1-17H3. The van der Waals surface area contributed by atoms with Gasteiger partial charge in [0.2, 0.25) is 0 Å². The molecule has 0 saturated heterocycles. The maximum absolute atomic E-state index is 2.66. The minimum Gasteiger partial charge on any atom is -0.311 e. The molecule has 0 fully saturated rings. The van der Waals surface area contributed by atoms with Crippen LogP contribution in [0, 0.1) is 0 Å². The Hall–Kier alpha value is -11.7. The molecule has 566 valence electrons.